The third-order valence-electron chi connectivity index (χ3n) is 9.17. The van der Waals surface area contributed by atoms with Gasteiger partial charge in [-0.3, -0.25) is 0 Å². The number of rotatable bonds is 29. The van der Waals surface area contributed by atoms with Gasteiger partial charge in [-0.05, 0) is 52.6 Å². The van der Waals surface area contributed by atoms with E-state index >= 15 is 0 Å². The molecule has 330 valence electrons. The molecule has 0 aromatic heterocycles. The van der Waals surface area contributed by atoms with E-state index in [-0.39, 0.29) is 37.0 Å². The van der Waals surface area contributed by atoms with Gasteiger partial charge in [-0.25, -0.2) is 9.59 Å². The summed E-state index contributed by atoms with van der Waals surface area (Å²) in [6.07, 6.45) is -4.96. The van der Waals surface area contributed by atoms with Crippen LogP contribution in [0.1, 0.15) is 33.0 Å². The van der Waals surface area contributed by atoms with Gasteiger partial charge in [0, 0.05) is 18.2 Å². The average molecular weight is 855 g/mol. The maximum atomic E-state index is 13.1. The predicted octanol–water partition coefficient (Wildman–Crippen LogP) is 7.26. The zero-order chi connectivity index (χ0) is 43.0. The predicted molar refractivity (Wildman–Crippen MR) is 220 cm³/mol. The van der Waals surface area contributed by atoms with E-state index in [1.54, 1.807) is 18.2 Å². The van der Waals surface area contributed by atoms with E-state index in [0.29, 0.717) is 98.1 Å². The first kappa shape index (κ1) is 47.0. The number of esters is 1. The van der Waals surface area contributed by atoms with Crippen molar-refractivity contribution in [1.82, 2.24) is 5.32 Å². The fraction of sp³-hybridized carbons (Fsp3) is 0.422. The number of benzene rings is 4. The van der Waals surface area contributed by atoms with Crippen LogP contribution in [0.3, 0.4) is 0 Å². The molecule has 0 bridgehead atoms. The Morgan fingerprint density at radius 3 is 1.54 bits per heavy atom. The number of para-hydroxylation sites is 1. The zero-order valence-electron chi connectivity index (χ0n) is 34.0. The van der Waals surface area contributed by atoms with E-state index < -0.39 is 23.8 Å². The van der Waals surface area contributed by atoms with Gasteiger partial charge in [0.05, 0.1) is 109 Å². The van der Waals surface area contributed by atoms with E-state index in [1.807, 2.05) is 24.3 Å². The van der Waals surface area contributed by atoms with Crippen molar-refractivity contribution in [2.24, 2.45) is 0 Å². The SMILES string of the molecule is O=C(NCCOCCOCCOCCOCCOCCOCCOCCOC(=O)c1ccccc1Nc1cccc(C(F)(F)F)c1)OCC1c2ccccc2-c2ccccc21. The van der Waals surface area contributed by atoms with Gasteiger partial charge < -0.3 is 53.3 Å². The fourth-order valence-corrected chi connectivity index (χ4v) is 6.27. The van der Waals surface area contributed by atoms with Crippen molar-refractivity contribution < 1.29 is 65.4 Å². The van der Waals surface area contributed by atoms with E-state index in [1.165, 1.54) is 40.5 Å². The number of anilines is 2. The lowest BCUT2D eigenvalue weighted by molar-refractivity contribution is -0.137. The van der Waals surface area contributed by atoms with Crippen molar-refractivity contribution in [3.05, 3.63) is 119 Å². The Bertz CT molecular complexity index is 1870. The van der Waals surface area contributed by atoms with Crippen LogP contribution in [0.4, 0.5) is 29.3 Å². The standard InChI is InChI=1S/C45H53F3N2O11/c46-45(47,48)34-8-7-9-35(32-34)50-42-15-6-5-14-40(42)43(51)60-31-30-59-29-28-58-27-26-57-25-24-56-23-22-55-21-20-54-19-18-53-17-16-49-44(52)61-33-41-38-12-3-1-10-36(38)37-11-2-4-13-39(37)41/h1-15,32,41,50H,16-31,33H2,(H,49,52). The average Bonchev–Trinajstić information content (AvgIpc) is 3.59. The number of hydrogen-bond donors (Lipinski definition) is 2. The molecule has 4 aromatic rings. The molecule has 0 fully saturated rings. The molecular weight excluding hydrogens is 801 g/mol. The summed E-state index contributed by atoms with van der Waals surface area (Å²) in [5, 5.41) is 5.59. The van der Waals surface area contributed by atoms with Crippen LogP contribution in [-0.2, 0) is 48.8 Å². The van der Waals surface area contributed by atoms with Gasteiger partial charge in [0.25, 0.3) is 0 Å². The van der Waals surface area contributed by atoms with Gasteiger partial charge in [-0.2, -0.15) is 13.2 Å². The molecule has 13 nitrogen and oxygen atoms in total. The number of alkyl carbamates (subject to hydrolysis) is 1. The lowest BCUT2D eigenvalue weighted by atomic mass is 9.98. The van der Waals surface area contributed by atoms with Crippen LogP contribution < -0.4 is 10.6 Å². The van der Waals surface area contributed by atoms with E-state index in [9.17, 15) is 22.8 Å². The lowest BCUT2D eigenvalue weighted by Gasteiger charge is -2.14. The summed E-state index contributed by atoms with van der Waals surface area (Å²) >= 11 is 0. The molecule has 4 aromatic carbocycles. The molecule has 2 N–H and O–H groups in total. The summed E-state index contributed by atoms with van der Waals surface area (Å²) in [5.41, 5.74) is 4.60. The third kappa shape index (κ3) is 16.4. The first-order valence-corrected chi connectivity index (χ1v) is 20.1. The Hall–Kier alpha value is -5.07. The quantitative estimate of drug-likeness (QED) is 0.0420. The number of carbonyl (C=O) groups excluding carboxylic acids is 2. The molecule has 0 heterocycles. The van der Waals surface area contributed by atoms with Gasteiger partial charge in [0.2, 0.25) is 0 Å². The fourth-order valence-electron chi connectivity index (χ4n) is 6.27. The Kier molecular flexibility index (Phi) is 20.3. The number of amides is 1. The number of nitrogens with one attached hydrogen (secondary N) is 2. The zero-order valence-corrected chi connectivity index (χ0v) is 34.0. The number of halogens is 3. The number of ether oxygens (including phenoxy) is 9. The molecule has 0 aliphatic heterocycles. The Balaban J connectivity index is 0.742. The van der Waals surface area contributed by atoms with Gasteiger partial charge in [0.1, 0.15) is 13.2 Å². The summed E-state index contributed by atoms with van der Waals surface area (Å²) in [5.74, 6) is -0.617. The summed E-state index contributed by atoms with van der Waals surface area (Å²) in [6.45, 7) is 5.80. The molecule has 5 rings (SSSR count). The second-order valence-corrected chi connectivity index (χ2v) is 13.4. The molecule has 61 heavy (non-hydrogen) atoms. The molecule has 1 aliphatic carbocycles. The van der Waals surface area contributed by atoms with E-state index in [2.05, 4.69) is 34.9 Å². The molecule has 1 amide bonds. The maximum Gasteiger partial charge on any atom is 0.416 e. The van der Waals surface area contributed by atoms with Crippen LogP contribution in [0.2, 0.25) is 0 Å². The summed E-state index contributed by atoms with van der Waals surface area (Å²) in [7, 11) is 0. The molecule has 0 saturated heterocycles. The lowest BCUT2D eigenvalue weighted by Crippen LogP contribution is -2.29. The monoisotopic (exact) mass is 854 g/mol. The largest absolute Gasteiger partial charge is 0.460 e. The van der Waals surface area contributed by atoms with E-state index in [4.69, 9.17) is 42.6 Å². The van der Waals surface area contributed by atoms with Crippen LogP contribution in [0.25, 0.3) is 11.1 Å². The van der Waals surface area contributed by atoms with Crippen LogP contribution in [0.15, 0.2) is 97.1 Å². The topological polar surface area (TPSA) is 141 Å². The molecule has 0 saturated carbocycles. The van der Waals surface area contributed by atoms with E-state index in [0.717, 1.165) is 12.1 Å². The molecule has 0 unspecified atom stereocenters. The Morgan fingerprint density at radius 1 is 0.525 bits per heavy atom. The molecule has 0 atom stereocenters. The number of fused-ring (bicyclic) bond motifs is 3. The summed E-state index contributed by atoms with van der Waals surface area (Å²) in [4.78, 5) is 24.9. The molecule has 0 radical (unpaired) electrons. The van der Waals surface area contributed by atoms with Crippen molar-refractivity contribution in [2.45, 2.75) is 12.1 Å². The van der Waals surface area contributed by atoms with Crippen molar-refractivity contribution in [3.8, 4) is 11.1 Å². The number of alkyl halides is 3. The van der Waals surface area contributed by atoms with Crippen LogP contribution in [0, 0.1) is 0 Å². The minimum absolute atomic E-state index is 0.00980. The van der Waals surface area contributed by atoms with Crippen LogP contribution in [-0.4, -0.2) is 124 Å². The molecular formula is C45H53F3N2O11. The third-order valence-corrected chi connectivity index (χ3v) is 9.17. The van der Waals surface area contributed by atoms with Crippen molar-refractivity contribution in [3.63, 3.8) is 0 Å². The second kappa shape index (κ2) is 26.3. The van der Waals surface area contributed by atoms with Gasteiger partial charge in [-0.1, -0.05) is 66.7 Å². The molecule has 16 heteroatoms. The Morgan fingerprint density at radius 2 is 1.00 bits per heavy atom. The molecule has 1 aliphatic rings. The van der Waals surface area contributed by atoms with Crippen molar-refractivity contribution >= 4 is 23.4 Å². The maximum absolute atomic E-state index is 13.1. The number of carbonyl (C=O) groups is 2. The minimum atomic E-state index is -4.48. The highest BCUT2D eigenvalue weighted by Gasteiger charge is 2.31. The highest BCUT2D eigenvalue weighted by atomic mass is 19.4. The van der Waals surface area contributed by atoms with Crippen molar-refractivity contribution in [1.29, 1.82) is 0 Å². The minimum Gasteiger partial charge on any atom is -0.460 e. The van der Waals surface area contributed by atoms with Gasteiger partial charge in [-0.15, -0.1) is 0 Å². The first-order valence-electron chi connectivity index (χ1n) is 20.1. The van der Waals surface area contributed by atoms with Crippen molar-refractivity contribution in [2.75, 3.05) is 118 Å². The highest BCUT2D eigenvalue weighted by Crippen LogP contribution is 2.44. The first-order chi connectivity index (χ1) is 29.8. The van der Waals surface area contributed by atoms with Crippen LogP contribution in [0.5, 0.6) is 0 Å². The van der Waals surface area contributed by atoms with Gasteiger partial charge in [0.15, 0.2) is 0 Å². The second-order valence-electron chi connectivity index (χ2n) is 13.4. The Labute approximate surface area is 353 Å². The number of hydrogen-bond acceptors (Lipinski definition) is 12. The molecule has 0 spiro atoms. The highest BCUT2D eigenvalue weighted by molar-refractivity contribution is 5.96. The van der Waals surface area contributed by atoms with Gasteiger partial charge >= 0.3 is 18.2 Å². The normalized spacial score (nSPS) is 12.2. The van der Waals surface area contributed by atoms with Crippen LogP contribution >= 0.6 is 0 Å². The summed E-state index contributed by atoms with van der Waals surface area (Å²) < 4.78 is 88.4. The smallest absolute Gasteiger partial charge is 0.416 e. The summed E-state index contributed by atoms with van der Waals surface area (Å²) in [6, 6.07) is 27.5.